The van der Waals surface area contributed by atoms with Gasteiger partial charge in [-0.1, -0.05) is 12.1 Å². The molecule has 1 unspecified atom stereocenters. The zero-order valence-electron chi connectivity index (χ0n) is 16.2. The number of amides is 1. The van der Waals surface area contributed by atoms with Gasteiger partial charge in [-0.05, 0) is 25.0 Å². The number of carbonyl (C=O) groups is 1. The van der Waals surface area contributed by atoms with E-state index >= 15 is 0 Å². The van der Waals surface area contributed by atoms with Crippen LogP contribution in [0.4, 0.5) is 0 Å². The Bertz CT molecular complexity index is 1000. The lowest BCUT2D eigenvalue weighted by Crippen LogP contribution is -2.35. The van der Waals surface area contributed by atoms with Crippen LogP contribution in [0.5, 0.6) is 0 Å². The summed E-state index contributed by atoms with van der Waals surface area (Å²) in [6, 6.07) is 7.77. The molecule has 1 saturated heterocycles. The molecule has 1 aromatic carbocycles. The molecule has 2 aliphatic heterocycles. The van der Waals surface area contributed by atoms with E-state index < -0.39 is 0 Å². The highest BCUT2D eigenvalue weighted by Gasteiger charge is 2.32. The predicted molar refractivity (Wildman–Crippen MR) is 107 cm³/mol. The van der Waals surface area contributed by atoms with Crippen molar-refractivity contribution in [2.24, 2.45) is 0 Å². The third kappa shape index (κ3) is 3.73. The van der Waals surface area contributed by atoms with Crippen molar-refractivity contribution < 1.29 is 9.53 Å². The summed E-state index contributed by atoms with van der Waals surface area (Å²) in [6.07, 6.45) is 4.67. The summed E-state index contributed by atoms with van der Waals surface area (Å²) in [5, 5.41) is 3.33. The third-order valence-electron chi connectivity index (χ3n) is 5.60. The molecule has 2 aromatic heterocycles. The second kappa shape index (κ2) is 7.88. The van der Waals surface area contributed by atoms with E-state index in [9.17, 15) is 4.79 Å². The first-order valence-corrected chi connectivity index (χ1v) is 10.1. The number of hydrogen-bond acceptors (Lipinski definition) is 6. The lowest BCUT2D eigenvalue weighted by Gasteiger charge is -2.25. The first-order valence-electron chi connectivity index (χ1n) is 10.1. The van der Waals surface area contributed by atoms with E-state index in [1.54, 1.807) is 0 Å². The SMILES string of the molecule is O=C(COCc1nc2ccccc2[nH]1)N1CCCC1c1ncc2c(n1)CCNC2. The van der Waals surface area contributed by atoms with Crippen LogP contribution in [0.15, 0.2) is 30.5 Å². The lowest BCUT2D eigenvalue weighted by atomic mass is 10.1. The number of benzene rings is 1. The molecule has 8 nitrogen and oxygen atoms in total. The molecule has 0 spiro atoms. The first-order chi connectivity index (χ1) is 14.3. The molecular formula is C21H24N6O2. The largest absolute Gasteiger partial charge is 0.364 e. The molecule has 2 N–H and O–H groups in total. The van der Waals surface area contributed by atoms with Gasteiger partial charge >= 0.3 is 0 Å². The van der Waals surface area contributed by atoms with Gasteiger partial charge in [-0.15, -0.1) is 0 Å². The van der Waals surface area contributed by atoms with Crippen LogP contribution < -0.4 is 5.32 Å². The van der Waals surface area contributed by atoms with Gasteiger partial charge in [0.05, 0.1) is 17.1 Å². The van der Waals surface area contributed by atoms with Crippen LogP contribution in [0.1, 0.15) is 41.8 Å². The van der Waals surface area contributed by atoms with Gasteiger partial charge in [-0.3, -0.25) is 4.79 Å². The van der Waals surface area contributed by atoms with Gasteiger partial charge in [0.25, 0.3) is 0 Å². The normalized spacial score (nSPS) is 18.9. The summed E-state index contributed by atoms with van der Waals surface area (Å²) in [5.41, 5.74) is 4.13. The molecule has 0 aliphatic carbocycles. The Hall–Kier alpha value is -2.84. The highest BCUT2D eigenvalue weighted by Crippen LogP contribution is 2.30. The highest BCUT2D eigenvalue weighted by atomic mass is 16.5. The molecule has 1 amide bonds. The van der Waals surface area contributed by atoms with E-state index in [4.69, 9.17) is 9.72 Å². The fraction of sp³-hybridized carbons (Fsp3) is 0.429. The maximum Gasteiger partial charge on any atom is 0.249 e. The second-order valence-corrected chi connectivity index (χ2v) is 7.57. The van der Waals surface area contributed by atoms with E-state index in [0.717, 1.165) is 72.8 Å². The third-order valence-corrected chi connectivity index (χ3v) is 5.60. The van der Waals surface area contributed by atoms with Crippen molar-refractivity contribution >= 4 is 16.9 Å². The topological polar surface area (TPSA) is 96.0 Å². The standard InChI is InChI=1S/C21H24N6O2/c28-20(13-29-12-19-24-16-4-1-2-5-17(16)25-19)27-9-3-6-18(27)21-23-11-14-10-22-8-7-15(14)26-21/h1-2,4-5,11,18,22H,3,6-10,12-13H2,(H,24,25). The Balaban J connectivity index is 1.22. The number of hydrogen-bond donors (Lipinski definition) is 2. The number of carbonyl (C=O) groups excluding carboxylic acids is 1. The molecule has 150 valence electrons. The lowest BCUT2D eigenvalue weighted by molar-refractivity contribution is -0.137. The van der Waals surface area contributed by atoms with Gasteiger partial charge in [-0.25, -0.2) is 15.0 Å². The predicted octanol–water partition coefficient (Wildman–Crippen LogP) is 1.88. The van der Waals surface area contributed by atoms with Crippen molar-refractivity contribution in [2.45, 2.75) is 38.5 Å². The minimum Gasteiger partial charge on any atom is -0.364 e. The zero-order valence-corrected chi connectivity index (χ0v) is 16.2. The zero-order chi connectivity index (χ0) is 19.6. The minimum atomic E-state index is -0.0579. The Morgan fingerprint density at radius 1 is 1.28 bits per heavy atom. The van der Waals surface area contributed by atoms with Crippen LogP contribution in [0.3, 0.4) is 0 Å². The summed E-state index contributed by atoms with van der Waals surface area (Å²) in [6.45, 7) is 2.79. The van der Waals surface area contributed by atoms with E-state index in [2.05, 4.69) is 20.3 Å². The van der Waals surface area contributed by atoms with Crippen molar-refractivity contribution in [3.63, 3.8) is 0 Å². The average molecular weight is 392 g/mol. The van der Waals surface area contributed by atoms with Crippen molar-refractivity contribution in [1.29, 1.82) is 0 Å². The number of nitrogens with one attached hydrogen (secondary N) is 2. The highest BCUT2D eigenvalue weighted by molar-refractivity contribution is 5.78. The molecule has 3 aromatic rings. The van der Waals surface area contributed by atoms with Crippen LogP contribution in [-0.2, 0) is 29.1 Å². The molecule has 0 bridgehead atoms. The minimum absolute atomic E-state index is 0.0217. The number of nitrogens with zero attached hydrogens (tertiary/aromatic N) is 4. The monoisotopic (exact) mass is 392 g/mol. The smallest absolute Gasteiger partial charge is 0.249 e. The van der Waals surface area contributed by atoms with E-state index in [1.165, 1.54) is 0 Å². The van der Waals surface area contributed by atoms with E-state index in [0.29, 0.717) is 0 Å². The van der Waals surface area contributed by atoms with Gasteiger partial charge in [0.2, 0.25) is 5.91 Å². The van der Waals surface area contributed by atoms with Crippen LogP contribution in [0, 0.1) is 0 Å². The number of likely N-dealkylation sites (tertiary alicyclic amines) is 1. The molecule has 4 heterocycles. The van der Waals surface area contributed by atoms with Crippen molar-refractivity contribution in [3.05, 3.63) is 53.4 Å². The summed E-state index contributed by atoms with van der Waals surface area (Å²) in [4.78, 5) is 31.7. The Labute approximate surface area is 168 Å². The fourth-order valence-corrected chi connectivity index (χ4v) is 4.14. The number of H-pyrrole nitrogens is 1. The van der Waals surface area contributed by atoms with E-state index in [1.807, 2.05) is 35.4 Å². The number of aromatic amines is 1. The van der Waals surface area contributed by atoms with Crippen LogP contribution in [-0.4, -0.2) is 50.4 Å². The summed E-state index contributed by atoms with van der Waals surface area (Å²) >= 11 is 0. The maximum absolute atomic E-state index is 12.8. The number of rotatable bonds is 5. The molecular weight excluding hydrogens is 368 g/mol. The second-order valence-electron chi connectivity index (χ2n) is 7.57. The summed E-state index contributed by atoms with van der Waals surface area (Å²) in [7, 11) is 0. The van der Waals surface area contributed by atoms with Gasteiger partial charge < -0.3 is 19.9 Å². The summed E-state index contributed by atoms with van der Waals surface area (Å²) in [5.74, 6) is 1.46. The van der Waals surface area contributed by atoms with Crippen LogP contribution in [0.25, 0.3) is 11.0 Å². The Morgan fingerprint density at radius 2 is 2.21 bits per heavy atom. The Morgan fingerprint density at radius 3 is 3.14 bits per heavy atom. The molecule has 5 rings (SSSR count). The van der Waals surface area contributed by atoms with Gasteiger partial charge in [-0.2, -0.15) is 0 Å². The van der Waals surface area contributed by atoms with Gasteiger partial charge in [0, 0.05) is 43.5 Å². The number of aromatic nitrogens is 4. The quantitative estimate of drug-likeness (QED) is 0.688. The number of ether oxygens (including phenoxy) is 1. The molecule has 0 saturated carbocycles. The maximum atomic E-state index is 12.8. The summed E-state index contributed by atoms with van der Waals surface area (Å²) < 4.78 is 5.66. The van der Waals surface area contributed by atoms with Crippen molar-refractivity contribution in [1.82, 2.24) is 30.2 Å². The molecule has 1 atom stereocenters. The van der Waals surface area contributed by atoms with Crippen LogP contribution >= 0.6 is 0 Å². The Kier molecular flexibility index (Phi) is 4.95. The van der Waals surface area contributed by atoms with Crippen LogP contribution in [0.2, 0.25) is 0 Å². The number of fused-ring (bicyclic) bond motifs is 2. The molecule has 29 heavy (non-hydrogen) atoms. The van der Waals surface area contributed by atoms with Crippen molar-refractivity contribution in [3.8, 4) is 0 Å². The first kappa shape index (κ1) is 18.2. The molecule has 1 fully saturated rings. The molecule has 8 heteroatoms. The van der Waals surface area contributed by atoms with E-state index in [-0.39, 0.29) is 25.2 Å². The molecule has 0 radical (unpaired) electrons. The van der Waals surface area contributed by atoms with Gasteiger partial charge in [0.1, 0.15) is 19.0 Å². The van der Waals surface area contributed by atoms with Crippen molar-refractivity contribution in [2.75, 3.05) is 19.7 Å². The van der Waals surface area contributed by atoms with Gasteiger partial charge in [0.15, 0.2) is 5.82 Å². The number of para-hydroxylation sites is 2. The number of imidazole rings is 1. The fourth-order valence-electron chi connectivity index (χ4n) is 4.14. The average Bonchev–Trinajstić information content (AvgIpc) is 3.40. The molecule has 2 aliphatic rings.